The van der Waals surface area contributed by atoms with Crippen LogP contribution in [-0.2, 0) is 9.59 Å². The van der Waals surface area contributed by atoms with E-state index in [4.69, 9.17) is 0 Å². The van der Waals surface area contributed by atoms with Gasteiger partial charge in [-0.1, -0.05) is 24.3 Å². The number of aromatic nitrogens is 1. The number of rotatable bonds is 6. The van der Waals surface area contributed by atoms with Crippen LogP contribution in [0.15, 0.2) is 48.5 Å². The average molecular weight is 394 g/mol. The molecule has 29 heavy (non-hydrogen) atoms. The second kappa shape index (κ2) is 9.82. The van der Waals surface area contributed by atoms with Crippen LogP contribution in [0.2, 0.25) is 0 Å². The van der Waals surface area contributed by atoms with Crippen LogP contribution in [0, 0.1) is 12.8 Å². The normalized spacial score (nSPS) is 16.2. The fourth-order valence-corrected chi connectivity index (χ4v) is 3.39. The van der Waals surface area contributed by atoms with Gasteiger partial charge >= 0.3 is 0 Å². The molecule has 2 aromatic rings. The summed E-state index contributed by atoms with van der Waals surface area (Å²) in [5.41, 5.74) is 1.40. The first-order valence-electron chi connectivity index (χ1n) is 9.88. The summed E-state index contributed by atoms with van der Waals surface area (Å²) in [5.74, 6) is -0.0847. The molecule has 0 aliphatic carbocycles. The van der Waals surface area contributed by atoms with Crippen molar-refractivity contribution in [2.75, 3.05) is 25.0 Å². The summed E-state index contributed by atoms with van der Waals surface area (Å²) >= 11 is 0. The summed E-state index contributed by atoms with van der Waals surface area (Å²) in [7, 11) is 0. The van der Waals surface area contributed by atoms with E-state index in [-0.39, 0.29) is 36.6 Å². The molecule has 0 saturated carbocycles. The monoisotopic (exact) mass is 394 g/mol. The minimum atomic E-state index is -0.256. The molecule has 152 valence electrons. The largest absolute Gasteiger partial charge is 0.352 e. The highest BCUT2D eigenvalue weighted by atomic mass is 16.2. The highest BCUT2D eigenvalue weighted by Gasteiger charge is 2.28. The fourth-order valence-electron chi connectivity index (χ4n) is 3.39. The third-order valence-corrected chi connectivity index (χ3v) is 4.94. The Labute approximate surface area is 170 Å². The van der Waals surface area contributed by atoms with Gasteiger partial charge in [0.25, 0.3) is 5.91 Å². The Morgan fingerprint density at radius 3 is 2.66 bits per heavy atom. The smallest absolute Gasteiger partial charge is 0.251 e. The lowest BCUT2D eigenvalue weighted by Gasteiger charge is -2.32. The van der Waals surface area contributed by atoms with Gasteiger partial charge < -0.3 is 15.5 Å². The predicted octanol–water partition coefficient (Wildman–Crippen LogP) is 2.39. The number of anilines is 1. The predicted molar refractivity (Wildman–Crippen MR) is 110 cm³/mol. The maximum atomic E-state index is 12.6. The molecule has 1 aromatic heterocycles. The molecule has 3 amide bonds. The Kier molecular flexibility index (Phi) is 6.94. The molecule has 7 heteroatoms. The number of benzene rings is 1. The van der Waals surface area contributed by atoms with Gasteiger partial charge in [0.1, 0.15) is 5.82 Å². The quantitative estimate of drug-likeness (QED) is 0.787. The summed E-state index contributed by atoms with van der Waals surface area (Å²) in [6.07, 6.45) is 1.74. The highest BCUT2D eigenvalue weighted by molar-refractivity contribution is 5.94. The number of carbonyl (C=O) groups is 3. The molecule has 0 radical (unpaired) electrons. The van der Waals surface area contributed by atoms with Crippen molar-refractivity contribution in [1.82, 2.24) is 15.2 Å². The van der Waals surface area contributed by atoms with Gasteiger partial charge in [-0.2, -0.15) is 0 Å². The molecule has 1 unspecified atom stereocenters. The van der Waals surface area contributed by atoms with E-state index < -0.39 is 0 Å². The van der Waals surface area contributed by atoms with Gasteiger partial charge in [0.2, 0.25) is 11.8 Å². The zero-order chi connectivity index (χ0) is 20.6. The Morgan fingerprint density at radius 1 is 1.10 bits per heavy atom. The second-order valence-electron chi connectivity index (χ2n) is 7.20. The van der Waals surface area contributed by atoms with Crippen LogP contribution in [0.3, 0.4) is 0 Å². The molecule has 1 aromatic carbocycles. The summed E-state index contributed by atoms with van der Waals surface area (Å²) < 4.78 is 0. The molecular formula is C22H26N4O3. The van der Waals surface area contributed by atoms with E-state index in [0.29, 0.717) is 24.5 Å². The molecule has 0 spiro atoms. The lowest BCUT2D eigenvalue weighted by Crippen LogP contribution is -2.44. The number of aryl methyl sites for hydroxylation is 1. The Balaban J connectivity index is 1.46. The number of nitrogens with zero attached hydrogens (tertiary/aromatic N) is 2. The van der Waals surface area contributed by atoms with Gasteiger partial charge in [-0.05, 0) is 44.0 Å². The van der Waals surface area contributed by atoms with Gasteiger partial charge in [-0.3, -0.25) is 14.4 Å². The van der Waals surface area contributed by atoms with Gasteiger partial charge in [0.15, 0.2) is 0 Å². The van der Waals surface area contributed by atoms with E-state index in [1.807, 2.05) is 25.1 Å². The third-order valence-electron chi connectivity index (χ3n) is 4.94. The van der Waals surface area contributed by atoms with Crippen LogP contribution in [-0.4, -0.2) is 47.2 Å². The minimum Gasteiger partial charge on any atom is -0.352 e. The van der Waals surface area contributed by atoms with Crippen molar-refractivity contribution in [3.63, 3.8) is 0 Å². The number of amides is 3. The Hall–Kier alpha value is -3.22. The van der Waals surface area contributed by atoms with Crippen molar-refractivity contribution in [1.29, 1.82) is 0 Å². The van der Waals surface area contributed by atoms with E-state index in [0.717, 1.165) is 18.5 Å². The van der Waals surface area contributed by atoms with E-state index in [2.05, 4.69) is 15.6 Å². The molecule has 0 bridgehead atoms. The van der Waals surface area contributed by atoms with Crippen LogP contribution >= 0.6 is 0 Å². The average Bonchev–Trinajstić information content (AvgIpc) is 2.74. The van der Waals surface area contributed by atoms with Gasteiger partial charge in [0.05, 0.1) is 5.92 Å². The number of nitrogens with one attached hydrogen (secondary N) is 2. The number of pyridine rings is 1. The highest BCUT2D eigenvalue weighted by Crippen LogP contribution is 2.19. The summed E-state index contributed by atoms with van der Waals surface area (Å²) in [5, 5.41) is 5.61. The van der Waals surface area contributed by atoms with Crippen molar-refractivity contribution >= 4 is 23.5 Å². The maximum absolute atomic E-state index is 12.6. The molecule has 2 N–H and O–H groups in total. The maximum Gasteiger partial charge on any atom is 0.251 e. The SMILES string of the molecule is Cc1cccc(NC(=O)C2CCCN(C(=O)CCNC(=O)c3ccccc3)C2)n1. The molecule has 7 nitrogen and oxygen atoms in total. The van der Waals surface area contributed by atoms with Crippen LogP contribution in [0.5, 0.6) is 0 Å². The van der Waals surface area contributed by atoms with E-state index in [9.17, 15) is 14.4 Å². The summed E-state index contributed by atoms with van der Waals surface area (Å²) in [6.45, 7) is 3.17. The van der Waals surface area contributed by atoms with E-state index in [1.54, 1.807) is 35.2 Å². The number of hydrogen-bond donors (Lipinski definition) is 2. The molecular weight excluding hydrogens is 368 g/mol. The Bertz CT molecular complexity index is 869. The number of likely N-dealkylation sites (tertiary alicyclic amines) is 1. The van der Waals surface area contributed by atoms with Gasteiger partial charge in [-0.15, -0.1) is 0 Å². The first-order chi connectivity index (χ1) is 14.0. The summed E-state index contributed by atoms with van der Waals surface area (Å²) in [4.78, 5) is 43.1. The molecule has 1 saturated heterocycles. The van der Waals surface area contributed by atoms with Crippen molar-refractivity contribution in [3.05, 3.63) is 59.8 Å². The van der Waals surface area contributed by atoms with Gasteiger partial charge in [-0.25, -0.2) is 4.98 Å². The lowest BCUT2D eigenvalue weighted by atomic mass is 9.97. The number of piperidine rings is 1. The van der Waals surface area contributed by atoms with Crippen molar-refractivity contribution < 1.29 is 14.4 Å². The van der Waals surface area contributed by atoms with Crippen LogP contribution in [0.4, 0.5) is 5.82 Å². The van der Waals surface area contributed by atoms with Crippen molar-refractivity contribution in [2.24, 2.45) is 5.92 Å². The number of carbonyl (C=O) groups excluding carboxylic acids is 3. The lowest BCUT2D eigenvalue weighted by molar-refractivity contribution is -0.134. The molecule has 1 aliphatic rings. The Morgan fingerprint density at radius 2 is 1.90 bits per heavy atom. The second-order valence-corrected chi connectivity index (χ2v) is 7.20. The molecule has 2 heterocycles. The zero-order valence-corrected chi connectivity index (χ0v) is 16.6. The van der Waals surface area contributed by atoms with Crippen LogP contribution in [0.25, 0.3) is 0 Å². The molecule has 1 atom stereocenters. The van der Waals surface area contributed by atoms with Gasteiger partial charge in [0, 0.05) is 37.3 Å². The topological polar surface area (TPSA) is 91.4 Å². The first kappa shape index (κ1) is 20.5. The van der Waals surface area contributed by atoms with E-state index >= 15 is 0 Å². The third kappa shape index (κ3) is 5.88. The van der Waals surface area contributed by atoms with Crippen LogP contribution < -0.4 is 10.6 Å². The van der Waals surface area contributed by atoms with Crippen molar-refractivity contribution in [3.8, 4) is 0 Å². The fraction of sp³-hybridized carbons (Fsp3) is 0.364. The number of hydrogen-bond acceptors (Lipinski definition) is 4. The first-order valence-corrected chi connectivity index (χ1v) is 9.88. The van der Waals surface area contributed by atoms with E-state index in [1.165, 1.54) is 0 Å². The molecule has 1 fully saturated rings. The standard InChI is InChI=1S/C22H26N4O3/c1-16-7-5-11-19(24-16)25-22(29)18-10-6-14-26(15-18)20(27)12-13-23-21(28)17-8-3-2-4-9-17/h2-5,7-9,11,18H,6,10,12-15H2,1H3,(H,23,28)(H,24,25,29). The van der Waals surface area contributed by atoms with Crippen LogP contribution in [0.1, 0.15) is 35.3 Å². The molecule has 1 aliphatic heterocycles. The summed E-state index contributed by atoms with van der Waals surface area (Å²) in [6, 6.07) is 14.4. The minimum absolute atomic E-state index is 0.0513. The zero-order valence-electron chi connectivity index (χ0n) is 16.6. The molecule has 3 rings (SSSR count). The van der Waals surface area contributed by atoms with Crippen molar-refractivity contribution in [2.45, 2.75) is 26.2 Å².